The van der Waals surface area contributed by atoms with Gasteiger partial charge in [0.25, 0.3) is 5.91 Å². The van der Waals surface area contributed by atoms with Crippen molar-refractivity contribution in [1.29, 1.82) is 5.26 Å². The summed E-state index contributed by atoms with van der Waals surface area (Å²) in [5.74, 6) is -1.12. The van der Waals surface area contributed by atoms with Crippen LogP contribution in [0.3, 0.4) is 0 Å². The van der Waals surface area contributed by atoms with Crippen LogP contribution in [0, 0.1) is 17.1 Å². The zero-order valence-corrected chi connectivity index (χ0v) is 15.6. The van der Waals surface area contributed by atoms with E-state index in [9.17, 15) is 9.18 Å². The van der Waals surface area contributed by atoms with Gasteiger partial charge in [-0.15, -0.1) is 0 Å². The number of benzene rings is 1. The molecule has 6 nitrogen and oxygen atoms in total. The van der Waals surface area contributed by atoms with Gasteiger partial charge < -0.3 is 15.1 Å². The van der Waals surface area contributed by atoms with E-state index in [1.165, 1.54) is 25.4 Å². The van der Waals surface area contributed by atoms with Gasteiger partial charge in [-0.1, -0.05) is 0 Å². The van der Waals surface area contributed by atoms with Crippen LogP contribution in [-0.4, -0.2) is 42.8 Å². The first-order valence-electron chi connectivity index (χ1n) is 7.37. The third-order valence-electron chi connectivity index (χ3n) is 3.52. The number of hydrogen-bond donors (Lipinski definition) is 1. The van der Waals surface area contributed by atoms with E-state index in [0.29, 0.717) is 22.2 Å². The zero-order valence-electron chi connectivity index (χ0n) is 14.8. The predicted octanol–water partition coefficient (Wildman–Crippen LogP) is 2.68. The molecule has 8 heteroatoms. The number of allylic oxidation sites excluding steroid dienone is 1. The Morgan fingerprint density at radius 3 is 2.56 bits per heavy atom. The molecule has 0 saturated heterocycles. The van der Waals surface area contributed by atoms with E-state index >= 15 is 0 Å². The van der Waals surface area contributed by atoms with Gasteiger partial charge in [-0.05, 0) is 44.3 Å². The molecule has 132 valence electrons. The van der Waals surface area contributed by atoms with Crippen molar-refractivity contribution in [3.05, 3.63) is 41.5 Å². The van der Waals surface area contributed by atoms with Gasteiger partial charge in [-0.25, -0.2) is 9.38 Å². The average molecular weight is 361 g/mol. The number of carbonyl (C=O) groups excluding carboxylic acids is 1. The lowest BCUT2D eigenvalue weighted by molar-refractivity contribution is 0.0959. The normalized spacial score (nSPS) is 11.6. The van der Waals surface area contributed by atoms with Gasteiger partial charge in [0.2, 0.25) is 0 Å². The van der Waals surface area contributed by atoms with Crippen LogP contribution >= 0.6 is 12.2 Å². The van der Waals surface area contributed by atoms with Crippen LogP contribution in [0.2, 0.25) is 0 Å². The lowest BCUT2D eigenvalue weighted by Gasteiger charge is -2.28. The largest absolute Gasteiger partial charge is 0.355 e. The maximum absolute atomic E-state index is 14.1. The van der Waals surface area contributed by atoms with E-state index < -0.39 is 11.7 Å². The monoisotopic (exact) mass is 361 g/mol. The minimum Gasteiger partial charge on any atom is -0.355 e. The van der Waals surface area contributed by atoms with Gasteiger partial charge in [-0.2, -0.15) is 5.26 Å². The maximum Gasteiger partial charge on any atom is 0.253 e. The SMILES string of the molecule is CNC(=O)c1ccc(N(C)C(=S)N(C)/C(C)=C/N=C(C)C#N)cc1F. The second-order valence-corrected chi connectivity index (χ2v) is 5.61. The molecule has 0 aliphatic heterocycles. The van der Waals surface area contributed by atoms with Gasteiger partial charge in [0, 0.05) is 38.7 Å². The molecule has 1 rings (SSSR count). The molecule has 1 amide bonds. The fourth-order valence-corrected chi connectivity index (χ4v) is 2.07. The molecule has 0 heterocycles. The third-order valence-corrected chi connectivity index (χ3v) is 4.07. The summed E-state index contributed by atoms with van der Waals surface area (Å²) in [6.07, 6.45) is 1.54. The molecule has 25 heavy (non-hydrogen) atoms. The van der Waals surface area contributed by atoms with Crippen LogP contribution in [0.4, 0.5) is 10.1 Å². The number of thiocarbonyl (C=S) groups is 1. The number of amides is 1. The maximum atomic E-state index is 14.1. The van der Waals surface area contributed by atoms with Gasteiger partial charge in [0.1, 0.15) is 17.6 Å². The van der Waals surface area contributed by atoms with E-state index in [-0.39, 0.29) is 5.56 Å². The van der Waals surface area contributed by atoms with Crippen LogP contribution < -0.4 is 10.2 Å². The molecule has 0 aromatic heterocycles. The minimum absolute atomic E-state index is 0.0312. The highest BCUT2D eigenvalue weighted by atomic mass is 32.1. The molecule has 0 atom stereocenters. The van der Waals surface area contributed by atoms with Crippen LogP contribution in [0.25, 0.3) is 0 Å². The van der Waals surface area contributed by atoms with Gasteiger partial charge in [0.05, 0.1) is 5.56 Å². The number of rotatable bonds is 4. The van der Waals surface area contributed by atoms with Crippen molar-refractivity contribution < 1.29 is 9.18 Å². The summed E-state index contributed by atoms with van der Waals surface area (Å²) in [4.78, 5) is 18.9. The summed E-state index contributed by atoms with van der Waals surface area (Å²) in [6.45, 7) is 3.40. The Kier molecular flexibility index (Phi) is 7.21. The summed E-state index contributed by atoms with van der Waals surface area (Å²) in [5.41, 5.74) is 1.52. The summed E-state index contributed by atoms with van der Waals surface area (Å²) < 4.78 is 14.1. The van der Waals surface area contributed by atoms with Crippen LogP contribution in [-0.2, 0) is 0 Å². The molecule has 0 radical (unpaired) electrons. The highest BCUT2D eigenvalue weighted by molar-refractivity contribution is 7.80. The Balaban J connectivity index is 3.01. The molecule has 1 N–H and O–H groups in total. The predicted molar refractivity (Wildman–Crippen MR) is 101 cm³/mol. The number of aliphatic imine (C=N–C) groups is 1. The number of nitrogens with one attached hydrogen (secondary N) is 1. The summed E-state index contributed by atoms with van der Waals surface area (Å²) in [6, 6.07) is 6.21. The average Bonchev–Trinajstić information content (AvgIpc) is 2.62. The zero-order chi connectivity index (χ0) is 19.1. The fourth-order valence-electron chi connectivity index (χ4n) is 1.82. The lowest BCUT2D eigenvalue weighted by atomic mass is 10.1. The molecular weight excluding hydrogens is 341 g/mol. The lowest BCUT2D eigenvalue weighted by Crippen LogP contribution is -2.37. The highest BCUT2D eigenvalue weighted by Crippen LogP contribution is 2.20. The molecular formula is C17H20FN5OS. The van der Waals surface area contributed by atoms with E-state index in [2.05, 4.69) is 10.3 Å². The fraction of sp³-hybridized carbons (Fsp3) is 0.294. The number of nitriles is 1. The number of hydrogen-bond acceptors (Lipinski definition) is 4. The van der Waals surface area contributed by atoms with E-state index in [0.717, 1.165) is 0 Å². The van der Waals surface area contributed by atoms with Crippen LogP contribution in [0.15, 0.2) is 35.1 Å². The Morgan fingerprint density at radius 2 is 2.04 bits per heavy atom. The smallest absolute Gasteiger partial charge is 0.253 e. The van der Waals surface area contributed by atoms with Crippen molar-refractivity contribution in [3.63, 3.8) is 0 Å². The topological polar surface area (TPSA) is 71.7 Å². The van der Waals surface area contributed by atoms with Crippen molar-refractivity contribution in [2.45, 2.75) is 13.8 Å². The summed E-state index contributed by atoms with van der Waals surface area (Å²) >= 11 is 5.41. The Bertz CT molecular complexity index is 782. The number of nitrogens with zero attached hydrogens (tertiary/aromatic N) is 4. The molecule has 0 spiro atoms. The number of halogens is 1. The van der Waals surface area contributed by atoms with Gasteiger partial charge in [-0.3, -0.25) is 4.79 Å². The minimum atomic E-state index is -0.629. The molecule has 0 fully saturated rings. The molecule has 1 aromatic carbocycles. The van der Waals surface area contributed by atoms with Gasteiger partial charge >= 0.3 is 0 Å². The second kappa shape index (κ2) is 8.89. The van der Waals surface area contributed by atoms with Crippen molar-refractivity contribution in [1.82, 2.24) is 10.2 Å². The second-order valence-electron chi connectivity index (χ2n) is 5.24. The van der Waals surface area contributed by atoms with E-state index in [4.69, 9.17) is 17.5 Å². The van der Waals surface area contributed by atoms with Crippen LogP contribution in [0.1, 0.15) is 24.2 Å². The Labute approximate surface area is 152 Å². The first-order valence-corrected chi connectivity index (χ1v) is 7.78. The van der Waals surface area contributed by atoms with Crippen molar-refractivity contribution in [2.24, 2.45) is 4.99 Å². The molecule has 0 unspecified atom stereocenters. The van der Waals surface area contributed by atoms with E-state index in [1.54, 1.807) is 43.8 Å². The van der Waals surface area contributed by atoms with Gasteiger partial charge in [0.15, 0.2) is 5.11 Å². The molecule has 0 saturated carbocycles. The van der Waals surface area contributed by atoms with Crippen molar-refractivity contribution in [2.75, 3.05) is 26.0 Å². The molecule has 1 aromatic rings. The highest BCUT2D eigenvalue weighted by Gasteiger charge is 2.16. The van der Waals surface area contributed by atoms with Crippen LogP contribution in [0.5, 0.6) is 0 Å². The van der Waals surface area contributed by atoms with Crippen molar-refractivity contribution >= 4 is 34.6 Å². The molecule has 0 bridgehead atoms. The quantitative estimate of drug-likeness (QED) is 0.659. The van der Waals surface area contributed by atoms with Crippen molar-refractivity contribution in [3.8, 4) is 6.07 Å². The summed E-state index contributed by atoms with van der Waals surface area (Å²) in [7, 11) is 4.89. The Morgan fingerprint density at radius 1 is 1.40 bits per heavy atom. The Hall–Kier alpha value is -2.79. The standard InChI is InChI=1S/C17H20FN5OS/c1-11(9-19)21-10-12(2)22(4)17(25)23(5)13-6-7-14(15(18)8-13)16(24)20-3/h6-8,10H,1-5H3,(H,20,24)/b12-10+,21-11?. The number of anilines is 1. The summed E-state index contributed by atoms with van der Waals surface area (Å²) in [5, 5.41) is 11.5. The van der Waals surface area contributed by atoms with E-state index in [1.807, 2.05) is 6.07 Å². The first-order chi connectivity index (χ1) is 11.7. The first kappa shape index (κ1) is 20.3. The number of carbonyl (C=O) groups is 1. The molecule has 0 aliphatic rings. The third kappa shape index (κ3) is 5.09. The molecule has 0 aliphatic carbocycles.